The second kappa shape index (κ2) is 4.92. The van der Waals surface area contributed by atoms with Gasteiger partial charge >= 0.3 is 0 Å². The van der Waals surface area contributed by atoms with Crippen molar-refractivity contribution in [3.8, 4) is 0 Å². The number of amides is 1. The lowest BCUT2D eigenvalue weighted by atomic mass is 9.84. The second-order valence-corrected chi connectivity index (χ2v) is 5.59. The highest BCUT2D eigenvalue weighted by atomic mass is 35.5. The molecule has 1 heterocycles. The predicted octanol–water partition coefficient (Wildman–Crippen LogP) is 1.77. The first-order valence-electron chi connectivity index (χ1n) is 6.19. The van der Waals surface area contributed by atoms with Gasteiger partial charge in [-0.1, -0.05) is 19.3 Å². The van der Waals surface area contributed by atoms with Gasteiger partial charge in [0.1, 0.15) is 0 Å². The van der Waals surface area contributed by atoms with E-state index in [0.717, 1.165) is 32.2 Å². The lowest BCUT2D eigenvalue weighted by molar-refractivity contribution is -0.131. The molecule has 1 saturated carbocycles. The molecule has 2 aliphatic rings. The Morgan fingerprint density at radius 1 is 1.38 bits per heavy atom. The van der Waals surface area contributed by atoms with E-state index in [1.54, 1.807) is 4.90 Å². The minimum Gasteiger partial charge on any atom is -0.388 e. The van der Waals surface area contributed by atoms with E-state index in [4.69, 9.17) is 11.6 Å². The maximum Gasteiger partial charge on any atom is 0.223 e. The van der Waals surface area contributed by atoms with Crippen LogP contribution < -0.4 is 0 Å². The van der Waals surface area contributed by atoms with E-state index in [-0.39, 0.29) is 11.8 Å². The summed E-state index contributed by atoms with van der Waals surface area (Å²) in [4.78, 5) is 13.5. The molecule has 1 unspecified atom stereocenters. The molecule has 0 aromatic rings. The summed E-state index contributed by atoms with van der Waals surface area (Å²) < 4.78 is 0. The van der Waals surface area contributed by atoms with Crippen LogP contribution in [-0.2, 0) is 4.79 Å². The van der Waals surface area contributed by atoms with Gasteiger partial charge in [0.25, 0.3) is 0 Å². The summed E-state index contributed by atoms with van der Waals surface area (Å²) in [6, 6.07) is 0. The number of rotatable bonds is 3. The summed E-state index contributed by atoms with van der Waals surface area (Å²) in [5, 5.41) is 10.4. The van der Waals surface area contributed by atoms with Gasteiger partial charge in [0.05, 0.1) is 5.60 Å². The SMILES string of the molecule is O=C1CC(CCl)CN1CC1(O)CCCCC1. The topological polar surface area (TPSA) is 40.5 Å². The molecular weight excluding hydrogens is 226 g/mol. The first-order chi connectivity index (χ1) is 7.63. The largest absolute Gasteiger partial charge is 0.388 e. The van der Waals surface area contributed by atoms with E-state index in [1.807, 2.05) is 0 Å². The monoisotopic (exact) mass is 245 g/mol. The Bertz CT molecular complexity index is 264. The first kappa shape index (κ1) is 12.2. The highest BCUT2D eigenvalue weighted by molar-refractivity contribution is 6.18. The molecule has 16 heavy (non-hydrogen) atoms. The Hall–Kier alpha value is -0.280. The summed E-state index contributed by atoms with van der Waals surface area (Å²) in [6.07, 6.45) is 5.60. The van der Waals surface area contributed by atoms with E-state index in [0.29, 0.717) is 18.8 Å². The Labute approximate surface area is 102 Å². The Balaban J connectivity index is 1.91. The Kier molecular flexibility index (Phi) is 3.75. The van der Waals surface area contributed by atoms with Crippen LogP contribution in [0, 0.1) is 5.92 Å². The predicted molar refractivity (Wildman–Crippen MR) is 63.4 cm³/mol. The molecule has 0 aromatic heterocycles. The zero-order chi connectivity index (χ0) is 11.6. The summed E-state index contributed by atoms with van der Waals surface area (Å²) in [5.41, 5.74) is -0.630. The number of aliphatic hydroxyl groups is 1. The van der Waals surface area contributed by atoms with Crippen molar-refractivity contribution in [3.05, 3.63) is 0 Å². The molecule has 3 nitrogen and oxygen atoms in total. The van der Waals surface area contributed by atoms with Crippen molar-refractivity contribution in [2.45, 2.75) is 44.1 Å². The van der Waals surface area contributed by atoms with Crippen LogP contribution in [0.3, 0.4) is 0 Å². The van der Waals surface area contributed by atoms with Gasteiger partial charge in [0, 0.05) is 25.4 Å². The normalized spacial score (nSPS) is 29.8. The third-order valence-electron chi connectivity index (χ3n) is 3.78. The molecule has 2 rings (SSSR count). The van der Waals surface area contributed by atoms with E-state index in [1.165, 1.54) is 6.42 Å². The van der Waals surface area contributed by atoms with Gasteiger partial charge in [-0.15, -0.1) is 11.6 Å². The van der Waals surface area contributed by atoms with Gasteiger partial charge in [0.2, 0.25) is 5.91 Å². The van der Waals surface area contributed by atoms with Crippen molar-refractivity contribution < 1.29 is 9.90 Å². The van der Waals surface area contributed by atoms with Crippen LogP contribution >= 0.6 is 11.6 Å². The molecule has 1 N–H and O–H groups in total. The van der Waals surface area contributed by atoms with Gasteiger partial charge in [-0.05, 0) is 18.8 Å². The summed E-state index contributed by atoms with van der Waals surface area (Å²) >= 11 is 5.77. The molecule has 0 aromatic carbocycles. The van der Waals surface area contributed by atoms with Crippen LogP contribution in [0.15, 0.2) is 0 Å². The van der Waals surface area contributed by atoms with Crippen LogP contribution in [0.4, 0.5) is 0 Å². The maximum absolute atomic E-state index is 11.7. The van der Waals surface area contributed by atoms with E-state index in [9.17, 15) is 9.90 Å². The van der Waals surface area contributed by atoms with Crippen LogP contribution in [0.25, 0.3) is 0 Å². The molecule has 92 valence electrons. The van der Waals surface area contributed by atoms with Crippen LogP contribution in [0.1, 0.15) is 38.5 Å². The molecule has 0 radical (unpaired) electrons. The van der Waals surface area contributed by atoms with Crippen LogP contribution in [0.5, 0.6) is 0 Å². The number of likely N-dealkylation sites (tertiary alicyclic amines) is 1. The van der Waals surface area contributed by atoms with Gasteiger partial charge in [-0.2, -0.15) is 0 Å². The molecular formula is C12H20ClNO2. The smallest absolute Gasteiger partial charge is 0.223 e. The van der Waals surface area contributed by atoms with Gasteiger partial charge < -0.3 is 10.0 Å². The fourth-order valence-corrected chi connectivity index (χ4v) is 3.04. The van der Waals surface area contributed by atoms with Crippen molar-refractivity contribution in [2.75, 3.05) is 19.0 Å². The van der Waals surface area contributed by atoms with E-state index in [2.05, 4.69) is 0 Å². The van der Waals surface area contributed by atoms with Crippen LogP contribution in [-0.4, -0.2) is 40.5 Å². The third kappa shape index (κ3) is 2.69. The summed E-state index contributed by atoms with van der Waals surface area (Å²) in [7, 11) is 0. The zero-order valence-electron chi connectivity index (χ0n) is 9.62. The number of carbonyl (C=O) groups is 1. The average molecular weight is 246 g/mol. The molecule has 1 aliphatic carbocycles. The number of alkyl halides is 1. The highest BCUT2D eigenvalue weighted by Crippen LogP contribution is 2.30. The van der Waals surface area contributed by atoms with Crippen molar-refractivity contribution in [1.29, 1.82) is 0 Å². The van der Waals surface area contributed by atoms with E-state index >= 15 is 0 Å². The molecule has 1 atom stereocenters. The first-order valence-corrected chi connectivity index (χ1v) is 6.72. The fraction of sp³-hybridized carbons (Fsp3) is 0.917. The van der Waals surface area contributed by atoms with Crippen molar-refractivity contribution in [1.82, 2.24) is 4.90 Å². The number of β-amino-alcohol motifs (C(OH)–C–C–N with tert-alkyl or cyclic N) is 1. The van der Waals surface area contributed by atoms with Crippen molar-refractivity contribution in [2.24, 2.45) is 5.92 Å². The molecule has 0 spiro atoms. The summed E-state index contributed by atoms with van der Waals surface area (Å²) in [5.74, 6) is 0.978. The second-order valence-electron chi connectivity index (χ2n) is 5.28. The van der Waals surface area contributed by atoms with Gasteiger partial charge in [-0.3, -0.25) is 4.79 Å². The maximum atomic E-state index is 11.7. The highest BCUT2D eigenvalue weighted by Gasteiger charge is 2.37. The van der Waals surface area contributed by atoms with Crippen molar-refractivity contribution >= 4 is 17.5 Å². The quantitative estimate of drug-likeness (QED) is 0.770. The number of nitrogens with zero attached hydrogens (tertiary/aromatic N) is 1. The average Bonchev–Trinajstić information content (AvgIpc) is 2.60. The molecule has 4 heteroatoms. The van der Waals surface area contributed by atoms with E-state index < -0.39 is 5.60 Å². The Morgan fingerprint density at radius 2 is 2.06 bits per heavy atom. The standard InChI is InChI=1S/C12H20ClNO2/c13-7-10-6-11(15)14(8-10)9-12(16)4-2-1-3-5-12/h10,16H,1-9H2. The summed E-state index contributed by atoms with van der Waals surface area (Å²) in [6.45, 7) is 1.24. The molecule has 1 aliphatic heterocycles. The number of halogens is 1. The molecule has 2 fully saturated rings. The van der Waals surface area contributed by atoms with Crippen molar-refractivity contribution in [3.63, 3.8) is 0 Å². The Morgan fingerprint density at radius 3 is 2.62 bits per heavy atom. The molecule has 1 amide bonds. The fourth-order valence-electron chi connectivity index (χ4n) is 2.83. The number of carbonyl (C=O) groups excluding carboxylic acids is 1. The number of hydrogen-bond donors (Lipinski definition) is 1. The van der Waals surface area contributed by atoms with Gasteiger partial charge in [-0.25, -0.2) is 0 Å². The van der Waals surface area contributed by atoms with Gasteiger partial charge in [0.15, 0.2) is 0 Å². The lowest BCUT2D eigenvalue weighted by Crippen LogP contribution is -2.45. The minimum atomic E-state index is -0.630. The molecule has 1 saturated heterocycles. The number of hydrogen-bond acceptors (Lipinski definition) is 2. The minimum absolute atomic E-state index is 0.157. The third-order valence-corrected chi connectivity index (χ3v) is 4.22. The lowest BCUT2D eigenvalue weighted by Gasteiger charge is -2.35. The zero-order valence-corrected chi connectivity index (χ0v) is 10.4. The molecule has 0 bridgehead atoms. The van der Waals surface area contributed by atoms with Crippen LogP contribution in [0.2, 0.25) is 0 Å².